The van der Waals surface area contributed by atoms with Gasteiger partial charge in [0.15, 0.2) is 0 Å². The molecular weight excluding hydrogens is 635 g/mol. The lowest BCUT2D eigenvalue weighted by atomic mass is 10.1. The van der Waals surface area contributed by atoms with Crippen molar-refractivity contribution in [2.24, 2.45) is 0 Å². The SMILES string of the molecule is O=C1c2ccccc2C(=O)N1c1ccccc1-n1c2ccccc2c2c3c4ccccc4n(-c4ccc5sc6ccccc6c5c4)c3ccc21. The standard InChI is InChI=1S/C44H25N3O2S/c48-43-28-12-1-2-13-29(28)44(49)47(43)36-19-9-8-18-35(36)46-34-17-7-4-15-31(34)42-38(46)23-22-37-41(42)30-14-3-6-16-33(30)45(37)26-21-24-40-32(25-26)27-11-5-10-20-39(27)50-40/h1-25H. The lowest BCUT2D eigenvalue weighted by Gasteiger charge is -2.20. The summed E-state index contributed by atoms with van der Waals surface area (Å²) in [6, 6.07) is 51.6. The third kappa shape index (κ3) is 3.55. The first-order valence-electron chi connectivity index (χ1n) is 16.6. The topological polar surface area (TPSA) is 47.2 Å². The van der Waals surface area contributed by atoms with Crippen LogP contribution in [0.1, 0.15) is 20.7 Å². The fourth-order valence-electron chi connectivity index (χ4n) is 8.16. The first kappa shape index (κ1) is 27.5. The van der Waals surface area contributed by atoms with E-state index in [-0.39, 0.29) is 11.8 Å². The molecule has 0 spiro atoms. The molecule has 0 atom stereocenters. The van der Waals surface area contributed by atoms with Gasteiger partial charge in [-0.2, -0.15) is 0 Å². The summed E-state index contributed by atoms with van der Waals surface area (Å²) >= 11 is 1.83. The van der Waals surface area contributed by atoms with Crippen LogP contribution in [-0.2, 0) is 0 Å². The smallest absolute Gasteiger partial charge is 0.266 e. The second kappa shape index (κ2) is 10.0. The maximum Gasteiger partial charge on any atom is 0.266 e. The Morgan fingerprint density at radius 1 is 0.400 bits per heavy atom. The second-order valence-electron chi connectivity index (χ2n) is 12.8. The van der Waals surface area contributed by atoms with Gasteiger partial charge >= 0.3 is 0 Å². The van der Waals surface area contributed by atoms with E-state index in [1.54, 1.807) is 24.3 Å². The molecule has 6 heteroatoms. The Morgan fingerprint density at radius 3 is 1.62 bits per heavy atom. The lowest BCUT2D eigenvalue weighted by molar-refractivity contribution is 0.0926. The zero-order valence-corrected chi connectivity index (χ0v) is 27.3. The van der Waals surface area contributed by atoms with Crippen LogP contribution in [0.15, 0.2) is 152 Å². The number of benzene rings is 7. The Kier molecular flexibility index (Phi) is 5.50. The normalized spacial score (nSPS) is 13.2. The van der Waals surface area contributed by atoms with Crippen molar-refractivity contribution in [3.05, 3.63) is 163 Å². The molecule has 1 aliphatic rings. The number of amides is 2. The summed E-state index contributed by atoms with van der Waals surface area (Å²) < 4.78 is 7.16. The van der Waals surface area contributed by atoms with Gasteiger partial charge < -0.3 is 9.13 Å². The van der Waals surface area contributed by atoms with Crippen molar-refractivity contribution < 1.29 is 9.59 Å². The molecule has 0 unspecified atom stereocenters. The van der Waals surface area contributed by atoms with Crippen molar-refractivity contribution in [2.75, 3.05) is 4.90 Å². The molecule has 0 bridgehead atoms. The molecule has 0 N–H and O–H groups in total. The lowest BCUT2D eigenvalue weighted by Crippen LogP contribution is -2.30. The van der Waals surface area contributed by atoms with Crippen molar-refractivity contribution in [1.82, 2.24) is 9.13 Å². The number of imide groups is 1. The summed E-state index contributed by atoms with van der Waals surface area (Å²) in [6.45, 7) is 0. The number of carbonyl (C=O) groups is 2. The molecule has 5 nitrogen and oxygen atoms in total. The Bertz CT molecular complexity index is 3070. The second-order valence-corrected chi connectivity index (χ2v) is 13.9. The highest BCUT2D eigenvalue weighted by Gasteiger charge is 2.38. The number of fused-ring (bicyclic) bond motifs is 11. The minimum absolute atomic E-state index is 0.306. The fourth-order valence-corrected chi connectivity index (χ4v) is 9.25. The third-order valence-corrected chi connectivity index (χ3v) is 11.4. The minimum atomic E-state index is -0.306. The molecule has 2 amide bonds. The average Bonchev–Trinajstić information content (AvgIpc) is 3.88. The zero-order chi connectivity index (χ0) is 33.1. The third-order valence-electron chi connectivity index (χ3n) is 10.2. The van der Waals surface area contributed by atoms with Crippen LogP contribution in [0.4, 0.5) is 5.69 Å². The molecule has 0 radical (unpaired) electrons. The molecule has 10 aromatic rings. The highest BCUT2D eigenvalue weighted by Crippen LogP contribution is 2.45. The van der Waals surface area contributed by atoms with Gasteiger partial charge in [0.2, 0.25) is 0 Å². The Hall–Kier alpha value is -6.50. The molecule has 3 aromatic heterocycles. The maximum atomic E-state index is 13.7. The molecule has 1 aliphatic heterocycles. The van der Waals surface area contributed by atoms with Crippen LogP contribution >= 0.6 is 11.3 Å². The van der Waals surface area contributed by atoms with Crippen molar-refractivity contribution >= 4 is 92.6 Å². The van der Waals surface area contributed by atoms with E-state index in [1.165, 1.54) is 35.8 Å². The highest BCUT2D eigenvalue weighted by atomic mass is 32.1. The number of hydrogen-bond acceptors (Lipinski definition) is 3. The van der Waals surface area contributed by atoms with Crippen molar-refractivity contribution in [3.8, 4) is 11.4 Å². The first-order valence-corrected chi connectivity index (χ1v) is 17.4. The quantitative estimate of drug-likeness (QED) is 0.177. The molecular formula is C44H25N3O2S. The number of hydrogen-bond donors (Lipinski definition) is 0. The molecule has 0 fully saturated rings. The van der Waals surface area contributed by atoms with Gasteiger partial charge in [-0.3, -0.25) is 9.59 Å². The molecule has 7 aromatic carbocycles. The highest BCUT2D eigenvalue weighted by molar-refractivity contribution is 7.25. The maximum absolute atomic E-state index is 13.7. The first-order chi connectivity index (χ1) is 24.7. The number of thiophene rings is 1. The van der Waals surface area contributed by atoms with E-state index in [2.05, 4.69) is 106 Å². The van der Waals surface area contributed by atoms with Gasteiger partial charge in [0, 0.05) is 47.4 Å². The Balaban J connectivity index is 1.21. The van der Waals surface area contributed by atoms with Crippen molar-refractivity contribution in [3.63, 3.8) is 0 Å². The van der Waals surface area contributed by atoms with Crippen molar-refractivity contribution in [2.45, 2.75) is 0 Å². The molecule has 0 aliphatic carbocycles. The zero-order valence-electron chi connectivity index (χ0n) is 26.5. The Labute approximate surface area is 289 Å². The van der Waals surface area contributed by atoms with Crippen LogP contribution < -0.4 is 4.90 Å². The number of nitrogens with zero attached hydrogens (tertiary/aromatic N) is 3. The van der Waals surface area contributed by atoms with E-state index in [1.807, 2.05) is 41.7 Å². The van der Waals surface area contributed by atoms with E-state index in [9.17, 15) is 9.59 Å². The average molecular weight is 660 g/mol. The summed E-state index contributed by atoms with van der Waals surface area (Å²) in [7, 11) is 0. The number of aromatic nitrogens is 2. The molecule has 11 rings (SSSR count). The summed E-state index contributed by atoms with van der Waals surface area (Å²) in [5, 5.41) is 7.11. The summed E-state index contributed by atoms with van der Waals surface area (Å²) in [4.78, 5) is 28.8. The minimum Gasteiger partial charge on any atom is -0.309 e. The van der Waals surface area contributed by atoms with Crippen LogP contribution in [0.3, 0.4) is 0 Å². The van der Waals surface area contributed by atoms with E-state index in [4.69, 9.17) is 0 Å². The summed E-state index contributed by atoms with van der Waals surface area (Å²) in [5.41, 5.74) is 7.56. The van der Waals surface area contributed by atoms with Crippen LogP contribution in [0.2, 0.25) is 0 Å². The van der Waals surface area contributed by atoms with Crippen molar-refractivity contribution in [1.29, 1.82) is 0 Å². The predicted molar refractivity (Wildman–Crippen MR) is 206 cm³/mol. The van der Waals surface area contributed by atoms with Gasteiger partial charge in [-0.25, -0.2) is 4.90 Å². The van der Waals surface area contributed by atoms with Crippen LogP contribution in [-0.4, -0.2) is 20.9 Å². The van der Waals surface area contributed by atoms with E-state index >= 15 is 0 Å². The number of anilines is 1. The predicted octanol–water partition coefficient (Wildman–Crippen LogP) is 11.0. The molecule has 0 saturated carbocycles. The van der Waals surface area contributed by atoms with Gasteiger partial charge in [0.1, 0.15) is 0 Å². The molecule has 0 saturated heterocycles. The molecule has 50 heavy (non-hydrogen) atoms. The van der Waals surface area contributed by atoms with E-state index in [0.29, 0.717) is 16.8 Å². The fraction of sp³-hybridized carbons (Fsp3) is 0. The van der Waals surface area contributed by atoms with Gasteiger partial charge in [0.05, 0.1) is 44.6 Å². The Morgan fingerprint density at radius 2 is 0.920 bits per heavy atom. The van der Waals surface area contributed by atoms with Crippen LogP contribution in [0.5, 0.6) is 0 Å². The largest absolute Gasteiger partial charge is 0.309 e. The summed E-state index contributed by atoms with van der Waals surface area (Å²) in [5.74, 6) is -0.612. The van der Waals surface area contributed by atoms with Gasteiger partial charge in [-0.05, 0) is 72.8 Å². The molecule has 234 valence electrons. The number of rotatable bonds is 3. The molecule has 4 heterocycles. The van der Waals surface area contributed by atoms with Gasteiger partial charge in [-0.1, -0.05) is 78.9 Å². The monoisotopic (exact) mass is 659 g/mol. The van der Waals surface area contributed by atoms with E-state index in [0.717, 1.165) is 44.2 Å². The number of para-hydroxylation sites is 4. The number of carbonyl (C=O) groups excluding carboxylic acids is 2. The van der Waals surface area contributed by atoms with Crippen LogP contribution in [0, 0.1) is 0 Å². The van der Waals surface area contributed by atoms with Gasteiger partial charge in [0.25, 0.3) is 11.8 Å². The summed E-state index contributed by atoms with van der Waals surface area (Å²) in [6.07, 6.45) is 0. The van der Waals surface area contributed by atoms with Crippen LogP contribution in [0.25, 0.3) is 75.2 Å². The van der Waals surface area contributed by atoms with Gasteiger partial charge in [-0.15, -0.1) is 11.3 Å². The van der Waals surface area contributed by atoms with E-state index < -0.39 is 0 Å².